The number of rotatable bonds is 5. The normalized spacial score (nSPS) is 11.8. The fourth-order valence-corrected chi connectivity index (χ4v) is 3.49. The number of aromatic nitrogens is 1. The zero-order valence-corrected chi connectivity index (χ0v) is 15.4. The van der Waals surface area contributed by atoms with Crippen molar-refractivity contribution in [3.63, 3.8) is 0 Å². The first kappa shape index (κ1) is 17.3. The minimum absolute atomic E-state index is 0.253. The molecular weight excluding hydrogens is 354 g/mol. The van der Waals surface area contributed by atoms with Crippen LogP contribution in [0.5, 0.6) is 0 Å². The minimum atomic E-state index is -0.652. The molecule has 2 heterocycles. The second-order valence-corrected chi connectivity index (χ2v) is 7.37. The molecule has 0 spiro atoms. The van der Waals surface area contributed by atoms with Crippen molar-refractivity contribution in [3.05, 3.63) is 57.6 Å². The van der Waals surface area contributed by atoms with Gasteiger partial charge in [0.25, 0.3) is 5.91 Å². The van der Waals surface area contributed by atoms with E-state index in [0.717, 1.165) is 11.3 Å². The largest absolute Gasteiger partial charge is 0.340 e. The second-order valence-electron chi connectivity index (χ2n) is 5.57. The number of hydrogen-bond acceptors (Lipinski definition) is 5. The first-order chi connectivity index (χ1) is 12.0. The lowest BCUT2D eigenvalue weighted by Gasteiger charge is -2.12. The van der Waals surface area contributed by atoms with Crippen molar-refractivity contribution in [2.24, 2.45) is 0 Å². The predicted octanol–water partition coefficient (Wildman–Crippen LogP) is 3.94. The fourth-order valence-electron chi connectivity index (χ4n) is 2.14. The van der Waals surface area contributed by atoms with Crippen LogP contribution in [-0.4, -0.2) is 22.8 Å². The van der Waals surface area contributed by atoms with Gasteiger partial charge >= 0.3 is 0 Å². The zero-order valence-electron chi connectivity index (χ0n) is 13.8. The molecule has 2 N–H and O–H groups in total. The van der Waals surface area contributed by atoms with Gasteiger partial charge in [0.1, 0.15) is 6.04 Å². The first-order valence-electron chi connectivity index (χ1n) is 7.71. The van der Waals surface area contributed by atoms with Crippen LogP contribution in [0.3, 0.4) is 0 Å². The Morgan fingerprint density at radius 2 is 1.88 bits per heavy atom. The summed E-state index contributed by atoms with van der Waals surface area (Å²) in [5, 5.41) is 9.67. The molecule has 1 aromatic carbocycles. The molecule has 0 bridgehead atoms. The molecule has 0 aliphatic carbocycles. The molecule has 0 saturated carbocycles. The lowest BCUT2D eigenvalue weighted by molar-refractivity contribution is -0.117. The summed E-state index contributed by atoms with van der Waals surface area (Å²) in [5.41, 5.74) is 3.00. The van der Waals surface area contributed by atoms with Crippen molar-refractivity contribution in [3.8, 4) is 11.3 Å². The second kappa shape index (κ2) is 7.58. The van der Waals surface area contributed by atoms with Gasteiger partial charge in [-0.2, -0.15) is 0 Å². The molecular formula is C18H17N3O2S2. The van der Waals surface area contributed by atoms with Gasteiger partial charge in [0.15, 0.2) is 5.13 Å². The number of anilines is 1. The Bertz CT molecular complexity index is 870. The number of carbonyl (C=O) groups excluding carboxylic acids is 2. The van der Waals surface area contributed by atoms with E-state index in [-0.39, 0.29) is 11.8 Å². The zero-order chi connectivity index (χ0) is 17.8. The molecule has 3 rings (SSSR count). The van der Waals surface area contributed by atoms with E-state index in [2.05, 4.69) is 15.6 Å². The third kappa shape index (κ3) is 4.32. The first-order valence-corrected chi connectivity index (χ1v) is 9.46. The SMILES string of the molecule is Cc1ccc(-c2csc(NC(=O)C(C)NC(=O)c3cccs3)n2)cc1. The Kier molecular flexibility index (Phi) is 5.25. The van der Waals surface area contributed by atoms with Gasteiger partial charge in [-0.25, -0.2) is 4.98 Å². The van der Waals surface area contributed by atoms with Crippen LogP contribution in [-0.2, 0) is 4.79 Å². The number of thiophene rings is 1. The molecule has 2 aromatic heterocycles. The number of thiazole rings is 1. The molecule has 7 heteroatoms. The quantitative estimate of drug-likeness (QED) is 0.714. The van der Waals surface area contributed by atoms with Crippen LogP contribution < -0.4 is 10.6 Å². The lowest BCUT2D eigenvalue weighted by atomic mass is 10.1. The number of aryl methyl sites for hydroxylation is 1. The molecule has 1 unspecified atom stereocenters. The van der Waals surface area contributed by atoms with Crippen molar-refractivity contribution in [1.29, 1.82) is 0 Å². The third-order valence-corrected chi connectivity index (χ3v) is 5.19. The van der Waals surface area contributed by atoms with Gasteiger partial charge in [-0.1, -0.05) is 35.9 Å². The topological polar surface area (TPSA) is 71.1 Å². The summed E-state index contributed by atoms with van der Waals surface area (Å²) in [7, 11) is 0. The smallest absolute Gasteiger partial charge is 0.261 e. The summed E-state index contributed by atoms with van der Waals surface area (Å²) in [6.07, 6.45) is 0. The van der Waals surface area contributed by atoms with Crippen LogP contribution in [0.25, 0.3) is 11.3 Å². The number of nitrogens with zero attached hydrogens (tertiary/aromatic N) is 1. The van der Waals surface area contributed by atoms with Crippen LogP contribution in [0.4, 0.5) is 5.13 Å². The summed E-state index contributed by atoms with van der Waals surface area (Å²) in [6.45, 7) is 3.68. The van der Waals surface area contributed by atoms with Gasteiger partial charge in [-0.05, 0) is 25.3 Å². The molecule has 2 amide bonds. The van der Waals surface area contributed by atoms with Gasteiger partial charge in [0, 0.05) is 10.9 Å². The van der Waals surface area contributed by atoms with Gasteiger partial charge in [-0.3, -0.25) is 9.59 Å². The highest BCUT2D eigenvalue weighted by Crippen LogP contribution is 2.25. The highest BCUT2D eigenvalue weighted by molar-refractivity contribution is 7.14. The third-order valence-electron chi connectivity index (χ3n) is 3.57. The molecule has 3 aromatic rings. The number of hydrogen-bond donors (Lipinski definition) is 2. The average Bonchev–Trinajstić information content (AvgIpc) is 3.27. The molecule has 5 nitrogen and oxygen atoms in total. The van der Waals surface area contributed by atoms with E-state index in [0.29, 0.717) is 10.0 Å². The summed E-state index contributed by atoms with van der Waals surface area (Å²) < 4.78 is 0. The van der Waals surface area contributed by atoms with E-state index >= 15 is 0 Å². The molecule has 0 radical (unpaired) electrons. The summed E-state index contributed by atoms with van der Waals surface area (Å²) in [6, 6.07) is 10.9. The van der Waals surface area contributed by atoms with E-state index in [1.807, 2.05) is 41.9 Å². The van der Waals surface area contributed by atoms with E-state index in [1.54, 1.807) is 19.1 Å². The fraction of sp³-hybridized carbons (Fsp3) is 0.167. The Balaban J connectivity index is 1.61. The molecule has 0 saturated heterocycles. The van der Waals surface area contributed by atoms with Crippen LogP contribution in [0, 0.1) is 6.92 Å². The Hall–Kier alpha value is -2.51. The van der Waals surface area contributed by atoms with E-state index in [1.165, 1.54) is 28.2 Å². The monoisotopic (exact) mass is 371 g/mol. The van der Waals surface area contributed by atoms with E-state index in [4.69, 9.17) is 0 Å². The highest BCUT2D eigenvalue weighted by atomic mass is 32.1. The highest BCUT2D eigenvalue weighted by Gasteiger charge is 2.18. The molecule has 128 valence electrons. The molecule has 1 atom stereocenters. The molecule has 0 aliphatic rings. The Morgan fingerprint density at radius 3 is 2.56 bits per heavy atom. The number of nitrogens with one attached hydrogen (secondary N) is 2. The van der Waals surface area contributed by atoms with Crippen LogP contribution in [0.2, 0.25) is 0 Å². The van der Waals surface area contributed by atoms with Gasteiger partial charge in [0.05, 0.1) is 10.6 Å². The Morgan fingerprint density at radius 1 is 1.12 bits per heavy atom. The lowest BCUT2D eigenvalue weighted by Crippen LogP contribution is -2.41. The molecule has 25 heavy (non-hydrogen) atoms. The van der Waals surface area contributed by atoms with Crippen LogP contribution in [0.15, 0.2) is 47.2 Å². The minimum Gasteiger partial charge on any atom is -0.340 e. The number of amides is 2. The summed E-state index contributed by atoms with van der Waals surface area (Å²) in [4.78, 5) is 29.3. The van der Waals surface area contributed by atoms with E-state index < -0.39 is 6.04 Å². The Labute approximate surface area is 153 Å². The van der Waals surface area contributed by atoms with Crippen molar-refractivity contribution >= 4 is 39.6 Å². The van der Waals surface area contributed by atoms with Crippen LogP contribution >= 0.6 is 22.7 Å². The standard InChI is InChI=1S/C18H17N3O2S2/c1-11-5-7-13(8-6-11)14-10-25-18(20-14)21-16(22)12(2)19-17(23)15-4-3-9-24-15/h3-10,12H,1-2H3,(H,19,23)(H,20,21,22). The average molecular weight is 371 g/mol. The van der Waals surface area contributed by atoms with Crippen molar-refractivity contribution in [2.75, 3.05) is 5.32 Å². The predicted molar refractivity (Wildman–Crippen MR) is 102 cm³/mol. The molecule has 0 fully saturated rings. The summed E-state index contributed by atoms with van der Waals surface area (Å²) >= 11 is 2.69. The molecule has 0 aliphatic heterocycles. The maximum Gasteiger partial charge on any atom is 0.261 e. The van der Waals surface area contributed by atoms with E-state index in [9.17, 15) is 9.59 Å². The number of benzene rings is 1. The van der Waals surface area contributed by atoms with Gasteiger partial charge in [-0.15, -0.1) is 22.7 Å². The van der Waals surface area contributed by atoms with Crippen molar-refractivity contribution < 1.29 is 9.59 Å². The summed E-state index contributed by atoms with van der Waals surface area (Å²) in [5.74, 6) is -0.549. The van der Waals surface area contributed by atoms with Crippen molar-refractivity contribution in [1.82, 2.24) is 10.3 Å². The van der Waals surface area contributed by atoms with Crippen molar-refractivity contribution in [2.45, 2.75) is 19.9 Å². The number of carbonyl (C=O) groups is 2. The maximum absolute atomic E-state index is 12.3. The van der Waals surface area contributed by atoms with Gasteiger partial charge in [0.2, 0.25) is 5.91 Å². The van der Waals surface area contributed by atoms with Crippen LogP contribution in [0.1, 0.15) is 22.2 Å². The van der Waals surface area contributed by atoms with Gasteiger partial charge < -0.3 is 10.6 Å². The maximum atomic E-state index is 12.3.